The fourth-order valence-electron chi connectivity index (χ4n) is 2.95. The minimum atomic E-state index is -3.86. The highest BCUT2D eigenvalue weighted by atomic mass is 35.5. The maximum atomic E-state index is 12.8. The summed E-state index contributed by atoms with van der Waals surface area (Å²) in [7, 11) is -3.86. The van der Waals surface area contributed by atoms with Crippen LogP contribution >= 0.6 is 11.6 Å². The maximum Gasteiger partial charge on any atom is 0.312 e. The summed E-state index contributed by atoms with van der Waals surface area (Å²) in [6.45, 7) is 0.736. The first-order chi connectivity index (χ1) is 13.7. The van der Waals surface area contributed by atoms with E-state index in [1.165, 1.54) is 22.5 Å². The Labute approximate surface area is 171 Å². The fourth-order valence-corrected chi connectivity index (χ4v) is 4.70. The van der Waals surface area contributed by atoms with Crippen LogP contribution in [-0.4, -0.2) is 35.7 Å². The Morgan fingerprint density at radius 1 is 0.931 bits per heavy atom. The molecule has 0 N–H and O–H groups in total. The quantitative estimate of drug-likeness (QED) is 0.486. The summed E-state index contributed by atoms with van der Waals surface area (Å²) in [6.07, 6.45) is 2.41. The fraction of sp³-hybridized carbons (Fsp3) is 0.294. The molecule has 1 aliphatic rings. The van der Waals surface area contributed by atoms with Crippen molar-refractivity contribution in [3.8, 4) is 11.5 Å². The zero-order chi connectivity index (χ0) is 21.2. The number of nitrogens with zero attached hydrogens (tertiary/aromatic N) is 3. The molecule has 154 valence electrons. The Hall–Kier alpha value is -2.76. The zero-order valence-corrected chi connectivity index (χ0v) is 16.6. The number of nitro benzene ring substituents is 2. The van der Waals surface area contributed by atoms with E-state index < -0.39 is 25.6 Å². The molecule has 3 rings (SSSR count). The predicted octanol–water partition coefficient (Wildman–Crippen LogP) is 4.12. The van der Waals surface area contributed by atoms with Gasteiger partial charge in [0.05, 0.1) is 19.8 Å². The van der Waals surface area contributed by atoms with E-state index in [1.54, 1.807) is 0 Å². The molecule has 0 bridgehead atoms. The van der Waals surface area contributed by atoms with Gasteiger partial charge in [0.2, 0.25) is 15.8 Å². The second-order valence-corrected chi connectivity index (χ2v) is 8.67. The first-order valence-corrected chi connectivity index (χ1v) is 10.4. The van der Waals surface area contributed by atoms with Crippen molar-refractivity contribution in [1.29, 1.82) is 0 Å². The van der Waals surface area contributed by atoms with Gasteiger partial charge in [0.1, 0.15) is 5.75 Å². The van der Waals surface area contributed by atoms with Crippen molar-refractivity contribution in [1.82, 2.24) is 4.31 Å². The number of piperidine rings is 1. The minimum Gasteiger partial charge on any atom is -0.449 e. The van der Waals surface area contributed by atoms with Gasteiger partial charge in [-0.15, -0.1) is 0 Å². The van der Waals surface area contributed by atoms with Gasteiger partial charge in [-0.2, -0.15) is 4.31 Å². The number of nitro groups is 2. The van der Waals surface area contributed by atoms with Crippen LogP contribution in [0.3, 0.4) is 0 Å². The van der Waals surface area contributed by atoms with Crippen molar-refractivity contribution >= 4 is 33.0 Å². The van der Waals surface area contributed by atoms with E-state index in [1.807, 2.05) is 0 Å². The van der Waals surface area contributed by atoms with Crippen molar-refractivity contribution < 1.29 is 23.0 Å². The van der Waals surface area contributed by atoms with Gasteiger partial charge < -0.3 is 4.74 Å². The van der Waals surface area contributed by atoms with E-state index >= 15 is 0 Å². The molecule has 10 nitrogen and oxygen atoms in total. The molecule has 1 saturated heterocycles. The number of sulfonamides is 1. The van der Waals surface area contributed by atoms with Gasteiger partial charge in [0.15, 0.2) is 0 Å². The Balaban J connectivity index is 1.95. The number of rotatable bonds is 6. The molecule has 2 aromatic carbocycles. The Morgan fingerprint density at radius 2 is 1.59 bits per heavy atom. The van der Waals surface area contributed by atoms with E-state index in [0.29, 0.717) is 13.1 Å². The molecule has 12 heteroatoms. The van der Waals surface area contributed by atoms with Gasteiger partial charge in [-0.3, -0.25) is 20.2 Å². The molecule has 0 atom stereocenters. The van der Waals surface area contributed by atoms with Crippen molar-refractivity contribution in [2.45, 2.75) is 24.2 Å². The van der Waals surface area contributed by atoms with E-state index in [9.17, 15) is 28.6 Å². The minimum absolute atomic E-state index is 0.0352. The van der Waals surface area contributed by atoms with Crippen LogP contribution in [0.4, 0.5) is 11.4 Å². The van der Waals surface area contributed by atoms with Crippen molar-refractivity contribution in [2.24, 2.45) is 0 Å². The Morgan fingerprint density at radius 3 is 2.17 bits per heavy atom. The first kappa shape index (κ1) is 21.0. The monoisotopic (exact) mass is 441 g/mol. The van der Waals surface area contributed by atoms with Gasteiger partial charge in [-0.25, -0.2) is 8.42 Å². The Bertz CT molecular complexity index is 1070. The summed E-state index contributed by atoms with van der Waals surface area (Å²) in [5.74, 6) is -0.268. The van der Waals surface area contributed by atoms with Crippen LogP contribution in [0.15, 0.2) is 41.3 Å². The van der Waals surface area contributed by atoms with Crippen LogP contribution < -0.4 is 4.74 Å². The molecule has 0 saturated carbocycles. The van der Waals surface area contributed by atoms with E-state index in [2.05, 4.69) is 0 Å². The average molecular weight is 442 g/mol. The normalized spacial score (nSPS) is 15.1. The third-order valence-corrected chi connectivity index (χ3v) is 6.62. The molecule has 0 aliphatic carbocycles. The molecule has 0 aromatic heterocycles. The smallest absolute Gasteiger partial charge is 0.312 e. The highest BCUT2D eigenvalue weighted by Crippen LogP contribution is 2.38. The zero-order valence-electron chi connectivity index (χ0n) is 15.0. The summed E-state index contributed by atoms with van der Waals surface area (Å²) in [5.41, 5.74) is -0.822. The van der Waals surface area contributed by atoms with Crippen LogP contribution in [-0.2, 0) is 10.0 Å². The number of hydrogen-bond acceptors (Lipinski definition) is 7. The topological polar surface area (TPSA) is 133 Å². The number of benzene rings is 2. The average Bonchev–Trinajstić information content (AvgIpc) is 2.70. The Kier molecular flexibility index (Phi) is 6.01. The van der Waals surface area contributed by atoms with Gasteiger partial charge in [-0.1, -0.05) is 18.0 Å². The van der Waals surface area contributed by atoms with E-state index in [-0.39, 0.29) is 27.1 Å². The van der Waals surface area contributed by atoms with E-state index in [4.69, 9.17) is 16.3 Å². The van der Waals surface area contributed by atoms with Crippen molar-refractivity contribution in [3.63, 3.8) is 0 Å². The second-order valence-electron chi connectivity index (χ2n) is 6.33. The molecule has 0 unspecified atom stereocenters. The summed E-state index contributed by atoms with van der Waals surface area (Å²) in [4.78, 5) is 20.7. The van der Waals surface area contributed by atoms with Gasteiger partial charge in [-0.05, 0) is 31.0 Å². The summed E-state index contributed by atoms with van der Waals surface area (Å²) >= 11 is 5.96. The number of hydrogen-bond donors (Lipinski definition) is 0. The second kappa shape index (κ2) is 8.31. The molecular weight excluding hydrogens is 426 g/mol. The lowest BCUT2D eigenvalue weighted by molar-refractivity contribution is -0.385. The van der Waals surface area contributed by atoms with E-state index in [0.717, 1.165) is 37.5 Å². The van der Waals surface area contributed by atoms with Crippen molar-refractivity contribution in [3.05, 3.63) is 61.6 Å². The SMILES string of the molecule is O=[N+]([O-])c1ccc(Oc2ccc(S(=O)(=O)N3CCCCC3)cc2[N+](=O)[O-])c(Cl)c1. The largest absolute Gasteiger partial charge is 0.449 e. The third kappa shape index (κ3) is 4.47. The molecule has 1 heterocycles. The van der Waals surface area contributed by atoms with Crippen molar-refractivity contribution in [2.75, 3.05) is 13.1 Å². The molecule has 1 fully saturated rings. The lowest BCUT2D eigenvalue weighted by Crippen LogP contribution is -2.35. The van der Waals surface area contributed by atoms with Crippen LogP contribution in [0.2, 0.25) is 5.02 Å². The standard InChI is InChI=1S/C17H16ClN3O7S/c18-14-10-12(20(22)23)4-6-16(14)28-17-7-5-13(11-15(17)21(24)25)29(26,27)19-8-2-1-3-9-19/h4-7,10-11H,1-3,8-9H2. The van der Waals surface area contributed by atoms with Crippen LogP contribution in [0.1, 0.15) is 19.3 Å². The molecule has 1 aliphatic heterocycles. The maximum absolute atomic E-state index is 12.8. The first-order valence-electron chi connectivity index (χ1n) is 8.60. The van der Waals surface area contributed by atoms with Crippen LogP contribution in [0, 0.1) is 20.2 Å². The molecule has 0 radical (unpaired) electrons. The summed E-state index contributed by atoms with van der Waals surface area (Å²) in [5, 5.41) is 22.2. The molecular formula is C17H16ClN3O7S. The van der Waals surface area contributed by atoms with Gasteiger partial charge >= 0.3 is 5.69 Å². The number of non-ortho nitro benzene ring substituents is 1. The third-order valence-electron chi connectivity index (χ3n) is 4.43. The molecule has 0 amide bonds. The predicted molar refractivity (Wildman–Crippen MR) is 104 cm³/mol. The lowest BCUT2D eigenvalue weighted by Gasteiger charge is -2.25. The van der Waals surface area contributed by atoms with Gasteiger partial charge in [0, 0.05) is 31.3 Å². The summed E-state index contributed by atoms with van der Waals surface area (Å²) < 4.78 is 32.3. The molecule has 0 spiro atoms. The highest BCUT2D eigenvalue weighted by molar-refractivity contribution is 7.89. The summed E-state index contributed by atoms with van der Waals surface area (Å²) in [6, 6.07) is 6.75. The van der Waals surface area contributed by atoms with Crippen LogP contribution in [0.5, 0.6) is 11.5 Å². The molecule has 29 heavy (non-hydrogen) atoms. The highest BCUT2D eigenvalue weighted by Gasteiger charge is 2.29. The number of halogens is 1. The van der Waals surface area contributed by atoms with Gasteiger partial charge in [0.25, 0.3) is 5.69 Å². The van der Waals surface area contributed by atoms with Crippen LogP contribution in [0.25, 0.3) is 0 Å². The lowest BCUT2D eigenvalue weighted by atomic mass is 10.2. The molecule has 2 aromatic rings. The number of ether oxygens (including phenoxy) is 1.